The Morgan fingerprint density at radius 3 is 2.36 bits per heavy atom. The lowest BCUT2D eigenvalue weighted by Gasteiger charge is -2.05. The molecule has 0 saturated heterocycles. The number of rotatable bonds is 4. The van der Waals surface area contributed by atoms with Crippen LogP contribution in [0.5, 0.6) is 5.75 Å². The average Bonchev–Trinajstić information content (AvgIpc) is 2.52. The maximum absolute atomic E-state index is 12.4. The summed E-state index contributed by atoms with van der Waals surface area (Å²) in [6.07, 6.45) is -1.57. The lowest BCUT2D eigenvalue weighted by atomic mass is 10.1. The maximum atomic E-state index is 12.4. The predicted molar refractivity (Wildman–Crippen MR) is 77.8 cm³/mol. The van der Waals surface area contributed by atoms with Crippen LogP contribution < -0.4 is 4.74 Å². The number of carbonyl (C=O) groups excluding carboxylic acids is 1. The molecule has 22 heavy (non-hydrogen) atoms. The van der Waals surface area contributed by atoms with Crippen molar-refractivity contribution in [2.45, 2.75) is 6.18 Å². The van der Waals surface area contributed by atoms with Gasteiger partial charge >= 0.3 is 6.18 Å². The van der Waals surface area contributed by atoms with E-state index in [9.17, 15) is 18.0 Å². The molecular formula is C17H13F3O2. The zero-order valence-electron chi connectivity index (χ0n) is 11.7. The Labute approximate surface area is 125 Å². The summed E-state index contributed by atoms with van der Waals surface area (Å²) in [5.41, 5.74) is 0.246. The zero-order chi connectivity index (χ0) is 16.2. The molecule has 114 valence electrons. The second kappa shape index (κ2) is 6.47. The Bertz CT molecular complexity index is 686. The lowest BCUT2D eigenvalue weighted by molar-refractivity contribution is -0.137. The van der Waals surface area contributed by atoms with Gasteiger partial charge in [0.1, 0.15) is 5.75 Å². The molecule has 2 nitrogen and oxygen atoms in total. The molecule has 5 heteroatoms. The summed E-state index contributed by atoms with van der Waals surface area (Å²) in [7, 11) is 1.50. The third kappa shape index (κ3) is 3.97. The van der Waals surface area contributed by atoms with Crippen molar-refractivity contribution in [2.24, 2.45) is 0 Å². The largest absolute Gasteiger partial charge is 0.497 e. The summed E-state index contributed by atoms with van der Waals surface area (Å²) in [5, 5.41) is 0. The van der Waals surface area contributed by atoms with Crippen LogP contribution in [-0.2, 0) is 6.18 Å². The van der Waals surface area contributed by atoms with Gasteiger partial charge in [0.25, 0.3) is 0 Å². The SMILES string of the molecule is COc1cccc(C(=O)C=Cc2ccc(C(F)(F)F)cc2)c1. The summed E-state index contributed by atoms with van der Waals surface area (Å²) in [6, 6.07) is 11.2. The first-order chi connectivity index (χ1) is 10.4. The van der Waals surface area contributed by atoms with Gasteiger partial charge < -0.3 is 4.74 Å². The number of hydrogen-bond donors (Lipinski definition) is 0. The van der Waals surface area contributed by atoms with Crippen LogP contribution in [0.4, 0.5) is 13.2 Å². The molecule has 0 bridgehead atoms. The fraction of sp³-hybridized carbons (Fsp3) is 0.118. The molecule has 0 radical (unpaired) electrons. The number of benzene rings is 2. The average molecular weight is 306 g/mol. The van der Waals surface area contributed by atoms with Crippen LogP contribution in [0, 0.1) is 0 Å². The minimum atomic E-state index is -4.36. The molecule has 0 unspecified atom stereocenters. The normalized spacial score (nSPS) is 11.6. The van der Waals surface area contributed by atoms with Gasteiger partial charge in [0.05, 0.1) is 12.7 Å². The first-order valence-corrected chi connectivity index (χ1v) is 6.44. The molecule has 2 aromatic carbocycles. The molecule has 2 rings (SSSR count). The molecule has 0 atom stereocenters. The van der Waals surface area contributed by atoms with E-state index >= 15 is 0 Å². The van der Waals surface area contributed by atoms with Gasteiger partial charge in [-0.2, -0.15) is 13.2 Å². The number of ketones is 1. The Morgan fingerprint density at radius 1 is 1.09 bits per heavy atom. The van der Waals surface area contributed by atoms with E-state index in [-0.39, 0.29) is 5.78 Å². The number of methoxy groups -OCH3 is 1. The summed E-state index contributed by atoms with van der Waals surface area (Å²) < 4.78 is 42.4. The molecule has 0 aliphatic carbocycles. The van der Waals surface area contributed by atoms with E-state index in [1.54, 1.807) is 24.3 Å². The van der Waals surface area contributed by atoms with Gasteiger partial charge in [-0.15, -0.1) is 0 Å². The Balaban J connectivity index is 2.12. The van der Waals surface area contributed by atoms with Gasteiger partial charge in [0.2, 0.25) is 0 Å². The van der Waals surface area contributed by atoms with E-state index in [1.807, 2.05) is 0 Å². The van der Waals surface area contributed by atoms with E-state index in [2.05, 4.69) is 0 Å². The number of hydrogen-bond acceptors (Lipinski definition) is 2. The molecule has 0 aliphatic rings. The van der Waals surface area contributed by atoms with Gasteiger partial charge in [-0.1, -0.05) is 30.3 Å². The molecule has 2 aromatic rings. The monoisotopic (exact) mass is 306 g/mol. The quantitative estimate of drug-likeness (QED) is 0.609. The summed E-state index contributed by atoms with van der Waals surface area (Å²) in [4.78, 5) is 12.0. The fourth-order valence-electron chi connectivity index (χ4n) is 1.83. The highest BCUT2D eigenvalue weighted by atomic mass is 19.4. The minimum absolute atomic E-state index is 0.251. The smallest absolute Gasteiger partial charge is 0.416 e. The predicted octanol–water partition coefficient (Wildman–Crippen LogP) is 4.61. The van der Waals surface area contributed by atoms with Crippen molar-refractivity contribution >= 4 is 11.9 Å². The topological polar surface area (TPSA) is 26.3 Å². The molecule has 0 heterocycles. The lowest BCUT2D eigenvalue weighted by Crippen LogP contribution is -2.04. The first kappa shape index (κ1) is 15.8. The minimum Gasteiger partial charge on any atom is -0.497 e. The highest BCUT2D eigenvalue weighted by molar-refractivity contribution is 6.07. The summed E-state index contributed by atoms with van der Waals surface area (Å²) in [5.74, 6) is 0.313. The summed E-state index contributed by atoms with van der Waals surface area (Å²) >= 11 is 0. The van der Waals surface area contributed by atoms with Crippen LogP contribution in [0.25, 0.3) is 6.08 Å². The Hall–Kier alpha value is -2.56. The van der Waals surface area contributed by atoms with Crippen LogP contribution in [0.15, 0.2) is 54.6 Å². The molecule has 0 spiro atoms. The van der Waals surface area contributed by atoms with E-state index in [0.29, 0.717) is 16.9 Å². The Morgan fingerprint density at radius 2 is 1.77 bits per heavy atom. The maximum Gasteiger partial charge on any atom is 0.416 e. The number of allylic oxidation sites excluding steroid dienone is 1. The van der Waals surface area contributed by atoms with E-state index in [1.165, 1.54) is 31.4 Å². The molecular weight excluding hydrogens is 293 g/mol. The number of carbonyl (C=O) groups is 1. The molecule has 0 amide bonds. The number of ether oxygens (including phenoxy) is 1. The second-order valence-electron chi connectivity index (χ2n) is 4.55. The first-order valence-electron chi connectivity index (χ1n) is 6.44. The van der Waals surface area contributed by atoms with Gasteiger partial charge in [0, 0.05) is 5.56 Å². The standard InChI is InChI=1S/C17H13F3O2/c1-22-15-4-2-3-13(11-15)16(21)10-7-12-5-8-14(9-6-12)17(18,19)20/h2-11H,1H3. The zero-order valence-corrected chi connectivity index (χ0v) is 11.7. The van der Waals surface area contributed by atoms with Crippen LogP contribution in [0.3, 0.4) is 0 Å². The van der Waals surface area contributed by atoms with Gasteiger partial charge in [-0.3, -0.25) is 4.79 Å². The summed E-state index contributed by atoms with van der Waals surface area (Å²) in [6.45, 7) is 0. The van der Waals surface area contributed by atoms with Crippen molar-refractivity contribution in [2.75, 3.05) is 7.11 Å². The van der Waals surface area contributed by atoms with Crippen molar-refractivity contribution in [1.29, 1.82) is 0 Å². The van der Waals surface area contributed by atoms with Gasteiger partial charge in [0.15, 0.2) is 5.78 Å². The second-order valence-corrected chi connectivity index (χ2v) is 4.55. The number of alkyl halides is 3. The van der Waals surface area contributed by atoms with E-state index in [4.69, 9.17) is 4.74 Å². The molecule has 0 aromatic heterocycles. The molecule has 0 aliphatic heterocycles. The van der Waals surface area contributed by atoms with Crippen molar-refractivity contribution in [3.05, 3.63) is 71.3 Å². The van der Waals surface area contributed by atoms with Crippen molar-refractivity contribution in [3.8, 4) is 5.75 Å². The molecule has 0 fully saturated rings. The van der Waals surface area contributed by atoms with Crippen molar-refractivity contribution < 1.29 is 22.7 Å². The van der Waals surface area contributed by atoms with Gasteiger partial charge in [-0.05, 0) is 35.9 Å². The van der Waals surface area contributed by atoms with Crippen molar-refractivity contribution in [1.82, 2.24) is 0 Å². The van der Waals surface area contributed by atoms with E-state index in [0.717, 1.165) is 12.1 Å². The van der Waals surface area contributed by atoms with Crippen LogP contribution >= 0.6 is 0 Å². The molecule has 0 saturated carbocycles. The Kier molecular flexibility index (Phi) is 4.65. The molecule has 0 N–H and O–H groups in total. The third-order valence-electron chi connectivity index (χ3n) is 3.02. The highest BCUT2D eigenvalue weighted by Gasteiger charge is 2.29. The third-order valence-corrected chi connectivity index (χ3v) is 3.02. The van der Waals surface area contributed by atoms with Crippen LogP contribution in [0.2, 0.25) is 0 Å². The van der Waals surface area contributed by atoms with E-state index < -0.39 is 11.7 Å². The van der Waals surface area contributed by atoms with Crippen molar-refractivity contribution in [3.63, 3.8) is 0 Å². The van der Waals surface area contributed by atoms with Crippen LogP contribution in [0.1, 0.15) is 21.5 Å². The highest BCUT2D eigenvalue weighted by Crippen LogP contribution is 2.29. The fourth-order valence-corrected chi connectivity index (χ4v) is 1.83. The van der Waals surface area contributed by atoms with Crippen LogP contribution in [-0.4, -0.2) is 12.9 Å². The van der Waals surface area contributed by atoms with Gasteiger partial charge in [-0.25, -0.2) is 0 Å². The number of halogens is 3.